The zero-order valence-corrected chi connectivity index (χ0v) is 11.9. The maximum atomic E-state index is 12.4. The quantitative estimate of drug-likeness (QED) is 0.836. The van der Waals surface area contributed by atoms with E-state index in [-0.39, 0.29) is 24.3 Å². The fraction of sp³-hybridized carbons (Fsp3) is 0.467. The largest absolute Gasteiger partial charge is 0.497 e. The predicted molar refractivity (Wildman–Crippen MR) is 76.0 cm³/mol. The smallest absolute Gasteiger partial charge is 0.234 e. The van der Waals surface area contributed by atoms with E-state index in [1.165, 1.54) is 0 Å². The number of nitrogens with one attached hydrogen (secondary N) is 1. The summed E-state index contributed by atoms with van der Waals surface area (Å²) in [7, 11) is 1.59. The van der Waals surface area contributed by atoms with Crippen LogP contribution >= 0.6 is 0 Å². The Morgan fingerprint density at radius 3 is 2.70 bits per heavy atom. The summed E-state index contributed by atoms with van der Waals surface area (Å²) < 4.78 is 5.08. The zero-order valence-electron chi connectivity index (χ0n) is 11.9. The van der Waals surface area contributed by atoms with E-state index in [9.17, 15) is 9.59 Å². The number of ether oxygens (including phenoxy) is 1. The van der Waals surface area contributed by atoms with E-state index < -0.39 is 0 Å². The van der Waals surface area contributed by atoms with Crippen molar-refractivity contribution in [2.24, 2.45) is 0 Å². The van der Waals surface area contributed by atoms with Crippen molar-refractivity contribution < 1.29 is 14.3 Å². The van der Waals surface area contributed by atoms with E-state index in [2.05, 4.69) is 5.32 Å². The molecule has 1 aromatic rings. The molecule has 1 saturated heterocycles. The molecule has 1 aliphatic rings. The maximum absolute atomic E-state index is 12.4. The van der Waals surface area contributed by atoms with Gasteiger partial charge in [0, 0.05) is 18.7 Å². The number of hydrogen-bond acceptors (Lipinski definition) is 4. The molecule has 20 heavy (non-hydrogen) atoms. The molecule has 2 rings (SSSR count). The minimum Gasteiger partial charge on any atom is -0.497 e. The summed E-state index contributed by atoms with van der Waals surface area (Å²) in [5.41, 5.74) is 0.642. The average Bonchev–Trinajstić information content (AvgIpc) is 2.70. The van der Waals surface area contributed by atoms with E-state index >= 15 is 0 Å². The molecule has 1 unspecified atom stereocenters. The molecule has 1 aromatic carbocycles. The van der Waals surface area contributed by atoms with E-state index in [0.29, 0.717) is 12.1 Å². The monoisotopic (exact) mass is 276 g/mol. The minimum atomic E-state index is -0.299. The Balaban J connectivity index is 2.08. The number of ketones is 1. The molecule has 5 nitrogen and oxygen atoms in total. The van der Waals surface area contributed by atoms with Crippen molar-refractivity contribution in [2.45, 2.75) is 19.4 Å². The van der Waals surface area contributed by atoms with Crippen molar-refractivity contribution in [1.82, 2.24) is 10.2 Å². The third-order valence-electron chi connectivity index (χ3n) is 3.59. The number of carbonyl (C=O) groups is 2. The summed E-state index contributed by atoms with van der Waals surface area (Å²) in [5, 5.41) is 2.81. The molecule has 1 aliphatic heterocycles. The van der Waals surface area contributed by atoms with Gasteiger partial charge >= 0.3 is 0 Å². The first kappa shape index (κ1) is 14.5. The maximum Gasteiger partial charge on any atom is 0.234 e. The summed E-state index contributed by atoms with van der Waals surface area (Å²) in [6.45, 7) is 3.56. The van der Waals surface area contributed by atoms with Crippen molar-refractivity contribution in [3.05, 3.63) is 29.8 Å². The molecule has 0 radical (unpaired) electrons. The van der Waals surface area contributed by atoms with Gasteiger partial charge in [0.25, 0.3) is 0 Å². The topological polar surface area (TPSA) is 58.6 Å². The lowest BCUT2D eigenvalue weighted by atomic mass is 10.0. The van der Waals surface area contributed by atoms with Crippen LogP contribution in [-0.4, -0.2) is 49.4 Å². The number of methoxy groups -OCH3 is 1. The van der Waals surface area contributed by atoms with E-state index in [1.54, 1.807) is 31.4 Å². The lowest BCUT2D eigenvalue weighted by Crippen LogP contribution is -2.42. The van der Waals surface area contributed by atoms with Crippen LogP contribution in [0.25, 0.3) is 0 Å². The molecule has 1 heterocycles. The van der Waals surface area contributed by atoms with Gasteiger partial charge in [0.1, 0.15) is 5.75 Å². The number of hydrogen-bond donors (Lipinski definition) is 1. The zero-order chi connectivity index (χ0) is 14.5. The summed E-state index contributed by atoms with van der Waals surface area (Å²) in [6, 6.07) is 6.77. The van der Waals surface area contributed by atoms with Crippen molar-refractivity contribution in [2.75, 3.05) is 26.7 Å². The first-order valence-electron chi connectivity index (χ1n) is 6.81. The molecular weight excluding hydrogens is 256 g/mol. The van der Waals surface area contributed by atoms with Crippen LogP contribution in [-0.2, 0) is 4.79 Å². The standard InChI is InChI=1S/C15H20N2O3/c1-11(17-9-3-8-16-14(18)10-17)15(19)12-4-6-13(20-2)7-5-12/h4-7,11H,3,8-10H2,1-2H3,(H,16,18). The normalized spacial score (nSPS) is 18.0. The van der Waals surface area contributed by atoms with Crippen LogP contribution in [0, 0.1) is 0 Å². The molecule has 0 aliphatic carbocycles. The summed E-state index contributed by atoms with van der Waals surface area (Å²) >= 11 is 0. The van der Waals surface area contributed by atoms with Gasteiger partial charge < -0.3 is 10.1 Å². The molecule has 0 spiro atoms. The van der Waals surface area contributed by atoms with Gasteiger partial charge in [-0.2, -0.15) is 0 Å². The number of benzene rings is 1. The second-order valence-corrected chi connectivity index (χ2v) is 4.94. The Kier molecular flexibility index (Phi) is 4.74. The number of carbonyl (C=O) groups excluding carboxylic acids is 2. The molecule has 0 aromatic heterocycles. The molecule has 1 atom stereocenters. The van der Waals surface area contributed by atoms with E-state index in [1.807, 2.05) is 11.8 Å². The van der Waals surface area contributed by atoms with E-state index in [0.717, 1.165) is 18.7 Å². The Morgan fingerprint density at radius 1 is 1.35 bits per heavy atom. The molecule has 5 heteroatoms. The minimum absolute atomic E-state index is 0.0168. The van der Waals surface area contributed by atoms with Crippen LogP contribution in [0.4, 0.5) is 0 Å². The van der Waals surface area contributed by atoms with Crippen LogP contribution in [0.2, 0.25) is 0 Å². The van der Waals surface area contributed by atoms with Crippen LogP contribution in [0.5, 0.6) is 5.75 Å². The van der Waals surface area contributed by atoms with Gasteiger partial charge in [-0.05, 0) is 37.6 Å². The average molecular weight is 276 g/mol. The first-order valence-corrected chi connectivity index (χ1v) is 6.81. The van der Waals surface area contributed by atoms with Gasteiger partial charge in [-0.25, -0.2) is 0 Å². The van der Waals surface area contributed by atoms with Crippen molar-refractivity contribution in [1.29, 1.82) is 0 Å². The molecule has 0 saturated carbocycles. The van der Waals surface area contributed by atoms with Crippen LogP contribution in [0.15, 0.2) is 24.3 Å². The summed E-state index contributed by atoms with van der Waals surface area (Å²) in [5.74, 6) is 0.739. The highest BCUT2D eigenvalue weighted by Crippen LogP contribution is 2.15. The van der Waals surface area contributed by atoms with Gasteiger partial charge in [0.2, 0.25) is 5.91 Å². The van der Waals surface area contributed by atoms with Crippen molar-refractivity contribution >= 4 is 11.7 Å². The molecule has 1 N–H and O–H groups in total. The Labute approximate surface area is 118 Å². The fourth-order valence-corrected chi connectivity index (χ4v) is 2.32. The van der Waals surface area contributed by atoms with Gasteiger partial charge in [-0.15, -0.1) is 0 Å². The highest BCUT2D eigenvalue weighted by atomic mass is 16.5. The second-order valence-electron chi connectivity index (χ2n) is 4.94. The molecule has 1 fully saturated rings. The first-order chi connectivity index (χ1) is 9.61. The fourth-order valence-electron chi connectivity index (χ4n) is 2.32. The van der Waals surface area contributed by atoms with Crippen LogP contribution < -0.4 is 10.1 Å². The highest BCUT2D eigenvalue weighted by molar-refractivity contribution is 6.00. The van der Waals surface area contributed by atoms with Gasteiger partial charge in [0.15, 0.2) is 5.78 Å². The van der Waals surface area contributed by atoms with Crippen molar-refractivity contribution in [3.63, 3.8) is 0 Å². The molecule has 0 bridgehead atoms. The Hall–Kier alpha value is -1.88. The van der Waals surface area contributed by atoms with Gasteiger partial charge in [-0.1, -0.05) is 0 Å². The molecular formula is C15H20N2O3. The number of nitrogens with zero attached hydrogens (tertiary/aromatic N) is 1. The SMILES string of the molecule is COc1ccc(C(=O)C(C)N2CCCNC(=O)C2)cc1. The number of rotatable bonds is 4. The number of amides is 1. The summed E-state index contributed by atoms with van der Waals surface area (Å²) in [6.07, 6.45) is 0.867. The highest BCUT2D eigenvalue weighted by Gasteiger charge is 2.25. The third-order valence-corrected chi connectivity index (χ3v) is 3.59. The second kappa shape index (κ2) is 6.52. The Morgan fingerprint density at radius 2 is 2.05 bits per heavy atom. The third kappa shape index (κ3) is 3.36. The van der Waals surface area contributed by atoms with Crippen LogP contribution in [0.1, 0.15) is 23.7 Å². The lowest BCUT2D eigenvalue weighted by molar-refractivity contribution is -0.121. The van der Waals surface area contributed by atoms with E-state index in [4.69, 9.17) is 4.74 Å². The van der Waals surface area contributed by atoms with Gasteiger partial charge in [-0.3, -0.25) is 14.5 Å². The number of Topliss-reactive ketones (excluding diaryl/α,β-unsaturated/α-hetero) is 1. The van der Waals surface area contributed by atoms with Crippen molar-refractivity contribution in [3.8, 4) is 5.75 Å². The Bertz CT molecular complexity index is 484. The summed E-state index contributed by atoms with van der Waals surface area (Å²) in [4.78, 5) is 25.9. The van der Waals surface area contributed by atoms with Gasteiger partial charge in [0.05, 0.1) is 19.7 Å². The lowest BCUT2D eigenvalue weighted by Gasteiger charge is -2.25. The molecule has 108 valence electrons. The molecule has 1 amide bonds. The van der Waals surface area contributed by atoms with Crippen LogP contribution in [0.3, 0.4) is 0 Å². The predicted octanol–water partition coefficient (Wildman–Crippen LogP) is 1.09.